The molecule has 1 aromatic carbocycles. The number of fused-ring (bicyclic) bond motifs is 1. The molecular formula is C29H34FN5O8S. The molecule has 0 spiro atoms. The van der Waals surface area contributed by atoms with E-state index in [0.29, 0.717) is 36.0 Å². The smallest absolute Gasteiger partial charge is 0.410 e. The molecule has 13 nitrogen and oxygen atoms in total. The van der Waals surface area contributed by atoms with Crippen LogP contribution in [-0.2, 0) is 47.0 Å². The molecule has 5 rings (SSSR count). The molecule has 3 N–H and O–H groups in total. The lowest BCUT2D eigenvalue weighted by molar-refractivity contribution is -0.140. The summed E-state index contributed by atoms with van der Waals surface area (Å²) in [4.78, 5) is 67.4. The van der Waals surface area contributed by atoms with Crippen molar-refractivity contribution >= 4 is 39.7 Å². The Labute approximate surface area is 253 Å². The number of halogens is 1. The minimum Gasteiger partial charge on any atom is -0.444 e. The Bertz CT molecular complexity index is 1540. The number of amides is 5. The fourth-order valence-corrected chi connectivity index (χ4v) is 7.21. The molecule has 2 aliphatic carbocycles. The van der Waals surface area contributed by atoms with Crippen molar-refractivity contribution in [1.29, 1.82) is 0 Å². The van der Waals surface area contributed by atoms with Crippen LogP contribution in [0.2, 0.25) is 0 Å². The summed E-state index contributed by atoms with van der Waals surface area (Å²) in [6, 6.07) is 3.34. The van der Waals surface area contributed by atoms with E-state index in [9.17, 15) is 36.8 Å². The van der Waals surface area contributed by atoms with Crippen LogP contribution in [0.3, 0.4) is 0 Å². The van der Waals surface area contributed by atoms with E-state index in [0.717, 1.165) is 11.0 Å². The minimum absolute atomic E-state index is 0.00100. The van der Waals surface area contributed by atoms with Gasteiger partial charge < -0.3 is 20.3 Å². The van der Waals surface area contributed by atoms with Crippen molar-refractivity contribution < 1.29 is 41.5 Å². The molecule has 2 aliphatic heterocycles. The molecule has 1 saturated heterocycles. The topological polar surface area (TPSA) is 171 Å². The zero-order chi connectivity index (χ0) is 31.8. The summed E-state index contributed by atoms with van der Waals surface area (Å²) >= 11 is 0. The first-order valence-corrected chi connectivity index (χ1v) is 15.8. The van der Waals surface area contributed by atoms with Crippen LogP contribution >= 0.6 is 0 Å². The Morgan fingerprint density at radius 3 is 2.55 bits per heavy atom. The Kier molecular flexibility index (Phi) is 8.51. The van der Waals surface area contributed by atoms with E-state index < -0.39 is 75.0 Å². The molecule has 5 amide bonds. The van der Waals surface area contributed by atoms with Crippen molar-refractivity contribution in [3.05, 3.63) is 60.0 Å². The van der Waals surface area contributed by atoms with E-state index in [2.05, 4.69) is 28.5 Å². The van der Waals surface area contributed by atoms with Crippen LogP contribution in [0.15, 0.2) is 43.0 Å². The van der Waals surface area contributed by atoms with Gasteiger partial charge in [-0.3, -0.25) is 28.8 Å². The molecule has 0 unspecified atom stereocenters. The Morgan fingerprint density at radius 1 is 1.16 bits per heavy atom. The lowest BCUT2D eigenvalue weighted by Gasteiger charge is -2.32. The van der Waals surface area contributed by atoms with Crippen molar-refractivity contribution in [2.24, 2.45) is 0 Å². The number of sulfonamides is 1. The average Bonchev–Trinajstić information content (AvgIpc) is 3.45. The highest BCUT2D eigenvalue weighted by Crippen LogP contribution is 2.36. The van der Waals surface area contributed by atoms with Gasteiger partial charge in [0.15, 0.2) is 0 Å². The third-order valence-electron chi connectivity index (χ3n) is 8.39. The first-order chi connectivity index (χ1) is 20.8. The highest BCUT2D eigenvalue weighted by Gasteiger charge is 2.50. The summed E-state index contributed by atoms with van der Waals surface area (Å²) in [7, 11) is -3.91. The molecule has 15 heteroatoms. The number of carbonyl (C=O) groups is 5. The van der Waals surface area contributed by atoms with Gasteiger partial charge in [0, 0.05) is 24.9 Å². The predicted octanol–water partition coefficient (Wildman–Crippen LogP) is 0.753. The number of nitrogens with zero attached hydrogens (tertiary/aromatic N) is 2. The second-order valence-electron chi connectivity index (χ2n) is 11.6. The number of rotatable bonds is 9. The molecule has 236 valence electrons. The highest BCUT2D eigenvalue weighted by atomic mass is 32.2. The molecule has 4 aliphatic rings. The molecule has 2 saturated carbocycles. The fourth-order valence-electron chi connectivity index (χ4n) is 5.83. The third-order valence-corrected chi connectivity index (χ3v) is 10.2. The summed E-state index contributed by atoms with van der Waals surface area (Å²) in [5.74, 6) is -3.34. The summed E-state index contributed by atoms with van der Waals surface area (Å²) in [5.41, 5.74) is 0.0620. The Balaban J connectivity index is 1.31. The maximum atomic E-state index is 14.2. The van der Waals surface area contributed by atoms with Crippen LogP contribution in [0.25, 0.3) is 0 Å². The van der Waals surface area contributed by atoms with Crippen molar-refractivity contribution in [1.82, 2.24) is 25.2 Å². The minimum atomic E-state index is -3.91. The molecule has 0 radical (unpaired) electrons. The zero-order valence-corrected chi connectivity index (χ0v) is 24.8. The number of carbonyl (C=O) groups excluding carboxylic acids is 5. The van der Waals surface area contributed by atoms with E-state index in [1.807, 2.05) is 0 Å². The van der Waals surface area contributed by atoms with Gasteiger partial charge in [0.2, 0.25) is 27.7 Å². The van der Waals surface area contributed by atoms with Crippen molar-refractivity contribution in [3.8, 4) is 0 Å². The zero-order valence-electron chi connectivity index (χ0n) is 24.0. The molecule has 2 heterocycles. The van der Waals surface area contributed by atoms with Crippen LogP contribution < -0.4 is 15.4 Å². The van der Waals surface area contributed by atoms with Crippen LogP contribution in [0.4, 0.5) is 9.18 Å². The SMILES string of the molecule is C=CC(=O)NCC(=O)N1C[C@H](OC(=O)N2Cc3cccc(F)c3C2)C[C@H]1C(=O)N[C@]1(C(=O)NS(=O)(=O)C2CC2)CCC(=C)C1. The van der Waals surface area contributed by atoms with Gasteiger partial charge in [0.05, 0.1) is 24.9 Å². The average molecular weight is 632 g/mol. The van der Waals surface area contributed by atoms with Crippen LogP contribution in [0, 0.1) is 5.82 Å². The quantitative estimate of drug-likeness (QED) is 0.265. The lowest BCUT2D eigenvalue weighted by Crippen LogP contribution is -2.61. The van der Waals surface area contributed by atoms with Crippen LogP contribution in [-0.4, -0.2) is 84.0 Å². The second-order valence-corrected chi connectivity index (χ2v) is 13.6. The number of benzene rings is 1. The summed E-state index contributed by atoms with van der Waals surface area (Å²) in [6.07, 6.45) is 0.508. The van der Waals surface area contributed by atoms with Crippen molar-refractivity contribution in [3.63, 3.8) is 0 Å². The largest absolute Gasteiger partial charge is 0.444 e. The van der Waals surface area contributed by atoms with Crippen LogP contribution in [0.5, 0.6) is 0 Å². The lowest BCUT2D eigenvalue weighted by atomic mass is 9.95. The van der Waals surface area contributed by atoms with Gasteiger partial charge in [-0.05, 0) is 43.4 Å². The normalized spacial score (nSPS) is 24.4. The number of hydrogen-bond donors (Lipinski definition) is 3. The van der Waals surface area contributed by atoms with Gasteiger partial charge in [0.1, 0.15) is 23.5 Å². The summed E-state index contributed by atoms with van der Waals surface area (Å²) in [5, 5.41) is 4.39. The predicted molar refractivity (Wildman–Crippen MR) is 153 cm³/mol. The maximum absolute atomic E-state index is 14.2. The number of hydrogen-bond acceptors (Lipinski definition) is 8. The first kappa shape index (κ1) is 31.2. The van der Waals surface area contributed by atoms with E-state index in [-0.39, 0.29) is 38.9 Å². The van der Waals surface area contributed by atoms with Gasteiger partial charge >= 0.3 is 6.09 Å². The number of likely N-dealkylation sites (tertiary alicyclic amines) is 1. The second kappa shape index (κ2) is 12.0. The molecule has 0 aromatic heterocycles. The Morgan fingerprint density at radius 2 is 1.91 bits per heavy atom. The molecule has 3 atom stereocenters. The van der Waals surface area contributed by atoms with E-state index in [4.69, 9.17) is 4.74 Å². The number of ether oxygens (including phenoxy) is 1. The standard InChI is InChI=1S/C29H34FN5O8S/c1-3-24(36)31-13-25(37)35-15-19(43-28(40)34-14-18-5-4-6-22(30)21(18)16-34)11-23(35)26(38)32-29(10-9-17(2)12-29)27(39)33-44(41,42)20-7-8-20/h3-6,19-20,23H,1-2,7-16H2,(H,31,36)(H,32,38)(H,33,39)/t19-,23+,29-/m1/s1. The van der Waals surface area contributed by atoms with Crippen molar-refractivity contribution in [2.75, 3.05) is 13.1 Å². The monoisotopic (exact) mass is 631 g/mol. The maximum Gasteiger partial charge on any atom is 0.410 e. The summed E-state index contributed by atoms with van der Waals surface area (Å²) in [6.45, 7) is 6.69. The molecular weight excluding hydrogens is 597 g/mol. The fraction of sp³-hybridized carbons (Fsp3) is 0.483. The van der Waals surface area contributed by atoms with E-state index in [1.165, 1.54) is 11.0 Å². The van der Waals surface area contributed by atoms with E-state index >= 15 is 0 Å². The van der Waals surface area contributed by atoms with Crippen LogP contribution in [0.1, 0.15) is 49.7 Å². The van der Waals surface area contributed by atoms with Crippen molar-refractivity contribution in [2.45, 2.75) is 74.5 Å². The number of nitrogens with one attached hydrogen (secondary N) is 3. The van der Waals surface area contributed by atoms with Gasteiger partial charge in [-0.15, -0.1) is 0 Å². The molecule has 3 fully saturated rings. The third kappa shape index (κ3) is 6.47. The summed E-state index contributed by atoms with van der Waals surface area (Å²) < 4.78 is 47.0. The van der Waals surface area contributed by atoms with Gasteiger partial charge in [-0.1, -0.05) is 30.9 Å². The van der Waals surface area contributed by atoms with E-state index in [1.54, 1.807) is 12.1 Å². The Hall–Kier alpha value is -4.27. The van der Waals surface area contributed by atoms with Gasteiger partial charge in [-0.25, -0.2) is 17.6 Å². The molecule has 1 aromatic rings. The highest BCUT2D eigenvalue weighted by molar-refractivity contribution is 7.91. The molecule has 44 heavy (non-hydrogen) atoms. The molecule has 0 bridgehead atoms. The first-order valence-electron chi connectivity index (χ1n) is 14.3. The van der Waals surface area contributed by atoms with Gasteiger partial charge in [0.25, 0.3) is 5.91 Å². The van der Waals surface area contributed by atoms with Gasteiger partial charge in [-0.2, -0.15) is 0 Å².